The van der Waals surface area contributed by atoms with E-state index in [0.717, 1.165) is 36.2 Å². The molecule has 0 bridgehead atoms. The number of aromatic nitrogens is 1. The summed E-state index contributed by atoms with van der Waals surface area (Å²) < 4.78 is 5.31. The van der Waals surface area contributed by atoms with Crippen molar-refractivity contribution < 1.29 is 9.84 Å². The predicted octanol–water partition coefficient (Wildman–Crippen LogP) is 2.14. The van der Waals surface area contributed by atoms with Gasteiger partial charge in [0.25, 0.3) is 0 Å². The van der Waals surface area contributed by atoms with E-state index in [2.05, 4.69) is 10.3 Å². The van der Waals surface area contributed by atoms with Crippen molar-refractivity contribution in [3.8, 4) is 5.75 Å². The summed E-state index contributed by atoms with van der Waals surface area (Å²) in [5, 5.41) is 13.8. The van der Waals surface area contributed by atoms with Crippen molar-refractivity contribution in [3.05, 3.63) is 30.5 Å². The van der Waals surface area contributed by atoms with Gasteiger partial charge in [-0.2, -0.15) is 0 Å². The Bertz CT molecular complexity index is 536. The van der Waals surface area contributed by atoms with Crippen LogP contribution in [0.1, 0.15) is 6.42 Å². The molecule has 0 aliphatic carbocycles. The van der Waals surface area contributed by atoms with Crippen LogP contribution in [-0.4, -0.2) is 29.3 Å². The molecular formula is C13H14N2O2. The number of pyridine rings is 1. The Labute approximate surface area is 99.2 Å². The van der Waals surface area contributed by atoms with Crippen molar-refractivity contribution in [2.45, 2.75) is 12.5 Å². The lowest BCUT2D eigenvalue weighted by molar-refractivity contribution is 0.195. The predicted molar refractivity (Wildman–Crippen MR) is 66.3 cm³/mol. The number of nitrogens with zero attached hydrogens (tertiary/aromatic N) is 1. The van der Waals surface area contributed by atoms with Crippen LogP contribution < -0.4 is 5.32 Å². The van der Waals surface area contributed by atoms with E-state index in [1.807, 2.05) is 18.3 Å². The van der Waals surface area contributed by atoms with Crippen molar-refractivity contribution in [3.63, 3.8) is 0 Å². The molecule has 1 aliphatic heterocycles. The van der Waals surface area contributed by atoms with Gasteiger partial charge in [0.15, 0.2) is 0 Å². The summed E-state index contributed by atoms with van der Waals surface area (Å²) in [4.78, 5) is 4.35. The van der Waals surface area contributed by atoms with Crippen LogP contribution >= 0.6 is 0 Å². The van der Waals surface area contributed by atoms with Crippen molar-refractivity contribution in [1.82, 2.24) is 4.98 Å². The highest BCUT2D eigenvalue weighted by Gasteiger charge is 2.15. The first-order chi connectivity index (χ1) is 8.31. The van der Waals surface area contributed by atoms with E-state index >= 15 is 0 Å². The summed E-state index contributed by atoms with van der Waals surface area (Å²) in [6, 6.07) is 7.55. The Kier molecular flexibility index (Phi) is 2.57. The number of rotatable bonds is 2. The van der Waals surface area contributed by atoms with E-state index in [4.69, 9.17) is 4.74 Å². The van der Waals surface area contributed by atoms with Gasteiger partial charge in [0.05, 0.1) is 30.0 Å². The van der Waals surface area contributed by atoms with Gasteiger partial charge >= 0.3 is 0 Å². The Morgan fingerprint density at radius 2 is 2.29 bits per heavy atom. The van der Waals surface area contributed by atoms with E-state index < -0.39 is 0 Å². The van der Waals surface area contributed by atoms with E-state index in [1.165, 1.54) is 0 Å². The van der Waals surface area contributed by atoms with E-state index in [9.17, 15) is 5.11 Å². The number of aromatic hydroxyl groups is 1. The number of phenolic OH excluding ortho intramolecular Hbond substituents is 1. The zero-order valence-electron chi connectivity index (χ0n) is 9.39. The molecule has 0 saturated carbocycles. The summed E-state index contributed by atoms with van der Waals surface area (Å²) in [6.07, 6.45) is 2.84. The minimum absolute atomic E-state index is 0.264. The fourth-order valence-electron chi connectivity index (χ4n) is 2.08. The normalized spacial score (nSPS) is 19.6. The minimum Gasteiger partial charge on any atom is -0.508 e. The van der Waals surface area contributed by atoms with Crippen LogP contribution in [0.5, 0.6) is 5.75 Å². The molecule has 4 nitrogen and oxygen atoms in total. The molecule has 2 aromatic rings. The molecule has 88 valence electrons. The largest absolute Gasteiger partial charge is 0.508 e. The highest BCUT2D eigenvalue weighted by molar-refractivity contribution is 5.82. The van der Waals surface area contributed by atoms with Crippen LogP contribution in [0.4, 0.5) is 5.69 Å². The molecule has 3 rings (SSSR count). The van der Waals surface area contributed by atoms with Gasteiger partial charge in [0.1, 0.15) is 5.75 Å². The van der Waals surface area contributed by atoms with Crippen molar-refractivity contribution >= 4 is 16.6 Å². The molecule has 1 atom stereocenters. The third-order valence-electron chi connectivity index (χ3n) is 2.97. The van der Waals surface area contributed by atoms with Gasteiger partial charge < -0.3 is 15.2 Å². The van der Waals surface area contributed by atoms with Crippen molar-refractivity contribution in [1.29, 1.82) is 0 Å². The molecule has 1 fully saturated rings. The average molecular weight is 230 g/mol. The molecule has 0 spiro atoms. The molecular weight excluding hydrogens is 216 g/mol. The van der Waals surface area contributed by atoms with Gasteiger partial charge in [0.2, 0.25) is 0 Å². The molecule has 2 N–H and O–H groups in total. The Morgan fingerprint density at radius 1 is 1.35 bits per heavy atom. The third kappa shape index (κ3) is 2.17. The first kappa shape index (κ1) is 10.4. The lowest BCUT2D eigenvalue weighted by Gasteiger charge is -2.12. The van der Waals surface area contributed by atoms with Crippen LogP contribution in [0, 0.1) is 0 Å². The molecule has 2 heterocycles. The summed E-state index contributed by atoms with van der Waals surface area (Å²) in [6.45, 7) is 1.57. The second-order valence-electron chi connectivity index (χ2n) is 4.31. The van der Waals surface area contributed by atoms with E-state index in [1.54, 1.807) is 12.1 Å². The van der Waals surface area contributed by atoms with Gasteiger partial charge in [-0.1, -0.05) is 0 Å². The molecule has 0 amide bonds. The van der Waals surface area contributed by atoms with Crippen molar-refractivity contribution in [2.24, 2.45) is 0 Å². The maximum Gasteiger partial charge on any atom is 0.116 e. The van der Waals surface area contributed by atoms with E-state index in [-0.39, 0.29) is 5.75 Å². The average Bonchev–Trinajstić information content (AvgIpc) is 2.81. The zero-order valence-corrected chi connectivity index (χ0v) is 9.39. The SMILES string of the molecule is Oc1ccc2ncc(N[C@@H]3CCOC3)cc2c1. The Hall–Kier alpha value is -1.81. The van der Waals surface area contributed by atoms with Gasteiger partial charge in [-0.25, -0.2) is 0 Å². The van der Waals surface area contributed by atoms with E-state index in [0.29, 0.717) is 6.04 Å². The molecule has 1 saturated heterocycles. The van der Waals surface area contributed by atoms with Gasteiger partial charge in [0, 0.05) is 12.0 Å². The summed E-state index contributed by atoms with van der Waals surface area (Å²) in [5.41, 5.74) is 1.86. The maximum atomic E-state index is 9.44. The molecule has 1 aliphatic rings. The molecule has 0 unspecified atom stereocenters. The lowest BCUT2D eigenvalue weighted by Crippen LogP contribution is -2.18. The number of ether oxygens (including phenoxy) is 1. The summed E-state index contributed by atoms with van der Waals surface area (Å²) >= 11 is 0. The number of phenols is 1. The summed E-state index contributed by atoms with van der Waals surface area (Å²) in [5.74, 6) is 0.264. The third-order valence-corrected chi connectivity index (χ3v) is 2.97. The lowest BCUT2D eigenvalue weighted by atomic mass is 10.2. The van der Waals surface area contributed by atoms with Crippen LogP contribution in [0.3, 0.4) is 0 Å². The number of anilines is 1. The van der Waals surface area contributed by atoms with Gasteiger partial charge in [-0.3, -0.25) is 4.98 Å². The highest BCUT2D eigenvalue weighted by Crippen LogP contribution is 2.22. The first-order valence-corrected chi connectivity index (χ1v) is 5.74. The minimum atomic E-state index is 0.264. The molecule has 4 heteroatoms. The monoisotopic (exact) mass is 230 g/mol. The Morgan fingerprint density at radius 3 is 3.12 bits per heavy atom. The van der Waals surface area contributed by atoms with Gasteiger partial charge in [-0.15, -0.1) is 0 Å². The zero-order chi connectivity index (χ0) is 11.7. The Balaban J connectivity index is 1.89. The molecule has 0 radical (unpaired) electrons. The first-order valence-electron chi connectivity index (χ1n) is 5.74. The summed E-state index contributed by atoms with van der Waals surface area (Å²) in [7, 11) is 0. The smallest absolute Gasteiger partial charge is 0.116 e. The molecule has 1 aromatic heterocycles. The quantitative estimate of drug-likeness (QED) is 0.830. The van der Waals surface area contributed by atoms with Crippen LogP contribution in [0.15, 0.2) is 30.5 Å². The van der Waals surface area contributed by atoms with Crippen LogP contribution in [-0.2, 0) is 4.74 Å². The van der Waals surface area contributed by atoms with Crippen LogP contribution in [0.2, 0.25) is 0 Å². The standard InChI is InChI=1S/C13H14N2O2/c16-12-1-2-13-9(6-12)5-11(7-14-13)15-10-3-4-17-8-10/h1-2,5-7,10,15-16H,3-4,8H2/t10-/m1/s1. The van der Waals surface area contributed by atoms with Gasteiger partial charge in [-0.05, 0) is 30.7 Å². The fraction of sp³-hybridized carbons (Fsp3) is 0.308. The van der Waals surface area contributed by atoms with Crippen LogP contribution in [0.25, 0.3) is 10.9 Å². The van der Waals surface area contributed by atoms with Crippen molar-refractivity contribution in [2.75, 3.05) is 18.5 Å². The number of benzene rings is 1. The highest BCUT2D eigenvalue weighted by atomic mass is 16.5. The number of hydrogen-bond acceptors (Lipinski definition) is 4. The molecule has 1 aromatic carbocycles. The fourth-order valence-corrected chi connectivity index (χ4v) is 2.08. The topological polar surface area (TPSA) is 54.4 Å². The second kappa shape index (κ2) is 4.22. The maximum absolute atomic E-state index is 9.44. The number of hydrogen-bond donors (Lipinski definition) is 2. The second-order valence-corrected chi connectivity index (χ2v) is 4.31. The molecule has 17 heavy (non-hydrogen) atoms. The number of nitrogens with one attached hydrogen (secondary N) is 1. The number of fused-ring (bicyclic) bond motifs is 1.